The first-order valence-electron chi connectivity index (χ1n) is 19.6. The van der Waals surface area contributed by atoms with Gasteiger partial charge in [0.15, 0.2) is 0 Å². The molecule has 8 rings (SSSR count). The van der Waals surface area contributed by atoms with Crippen LogP contribution in [0.3, 0.4) is 0 Å². The second-order valence-corrected chi connectivity index (χ2v) is 17.4. The number of anilines is 2. The van der Waals surface area contributed by atoms with Crippen LogP contribution in [-0.2, 0) is 9.59 Å². The summed E-state index contributed by atoms with van der Waals surface area (Å²) in [5.41, 5.74) is 2.15. The molecule has 296 valence electrons. The number of benzene rings is 3. The number of rotatable bonds is 9. The number of nitriles is 1. The van der Waals surface area contributed by atoms with E-state index in [1.807, 2.05) is 42.5 Å². The number of ether oxygens (including phenoxy) is 1. The second-order valence-electron chi connectivity index (χ2n) is 17.0. The minimum absolute atomic E-state index is 0.110. The highest BCUT2D eigenvalue weighted by Gasteiger charge is 2.64. The van der Waals surface area contributed by atoms with E-state index in [4.69, 9.17) is 16.3 Å². The normalized spacial score (nSPS) is 23.3. The zero-order valence-corrected chi connectivity index (χ0v) is 33.4. The molecular formula is C43H47ClN8O5. The van der Waals surface area contributed by atoms with E-state index in [1.165, 1.54) is 4.68 Å². The molecule has 0 radical (unpaired) electrons. The minimum Gasteiger partial charge on any atom is -0.489 e. The minimum atomic E-state index is -0.784. The fourth-order valence-corrected chi connectivity index (χ4v) is 9.78. The molecule has 13 nitrogen and oxygen atoms in total. The Morgan fingerprint density at radius 3 is 2.32 bits per heavy atom. The number of fused-ring (bicyclic) bond motifs is 1. The lowest BCUT2D eigenvalue weighted by molar-refractivity contribution is -0.164. The SMILES string of the molecule is CC1(C)C(NC(=O)c2ccc(N3CC(CN4CCN(c5ccc6c(=O)n(C7CCC(=O)NC7=O)ncc6c5)CC4)C3)cc2)C(C)(C)C1Oc1ccc(C#N)c(Cl)c1. The van der Waals surface area contributed by atoms with Crippen molar-refractivity contribution in [2.75, 3.05) is 55.6 Å². The van der Waals surface area contributed by atoms with Crippen LogP contribution >= 0.6 is 11.6 Å². The molecule has 1 unspecified atom stereocenters. The van der Waals surface area contributed by atoms with Crippen molar-refractivity contribution < 1.29 is 19.1 Å². The molecule has 14 heteroatoms. The molecule has 3 amide bonds. The summed E-state index contributed by atoms with van der Waals surface area (Å²) in [6.07, 6.45) is 1.90. The largest absolute Gasteiger partial charge is 0.489 e. The Bertz CT molecular complexity index is 2320. The van der Waals surface area contributed by atoms with Gasteiger partial charge in [-0.1, -0.05) is 39.3 Å². The van der Waals surface area contributed by atoms with Crippen LogP contribution in [0.4, 0.5) is 11.4 Å². The predicted octanol–water partition coefficient (Wildman–Crippen LogP) is 4.77. The zero-order chi connectivity index (χ0) is 40.2. The van der Waals surface area contributed by atoms with Crippen LogP contribution in [0.5, 0.6) is 5.75 Å². The lowest BCUT2D eigenvalue weighted by atomic mass is 9.49. The van der Waals surface area contributed by atoms with Gasteiger partial charge in [-0.05, 0) is 61.0 Å². The number of halogens is 1. The number of piperazine rings is 1. The molecule has 0 spiro atoms. The molecule has 4 heterocycles. The van der Waals surface area contributed by atoms with Gasteiger partial charge in [0.1, 0.15) is 24.0 Å². The summed E-state index contributed by atoms with van der Waals surface area (Å²) < 4.78 is 7.57. The number of hydrogen-bond acceptors (Lipinski definition) is 10. The summed E-state index contributed by atoms with van der Waals surface area (Å²) in [5, 5.41) is 20.7. The number of amides is 3. The van der Waals surface area contributed by atoms with Gasteiger partial charge < -0.3 is 19.9 Å². The van der Waals surface area contributed by atoms with E-state index in [9.17, 15) is 24.4 Å². The summed E-state index contributed by atoms with van der Waals surface area (Å²) in [5.74, 6) is 0.237. The van der Waals surface area contributed by atoms with Crippen LogP contribution in [0.2, 0.25) is 5.02 Å². The van der Waals surface area contributed by atoms with Crippen molar-refractivity contribution in [2.24, 2.45) is 16.7 Å². The fraction of sp³-hybridized carbons (Fsp3) is 0.442. The Morgan fingerprint density at radius 2 is 1.65 bits per heavy atom. The topological polar surface area (TPSA) is 153 Å². The van der Waals surface area contributed by atoms with Gasteiger partial charge in [-0.25, -0.2) is 4.68 Å². The van der Waals surface area contributed by atoms with Gasteiger partial charge in [-0.15, -0.1) is 0 Å². The van der Waals surface area contributed by atoms with E-state index in [2.05, 4.69) is 64.2 Å². The average molecular weight is 791 g/mol. The summed E-state index contributed by atoms with van der Waals surface area (Å²) in [7, 11) is 0. The maximum absolute atomic E-state index is 13.5. The number of piperidine rings is 1. The average Bonchev–Trinajstić information content (AvgIpc) is 3.17. The quantitative estimate of drug-likeness (QED) is 0.227. The maximum Gasteiger partial charge on any atom is 0.275 e. The Hall–Kier alpha value is -5.45. The van der Waals surface area contributed by atoms with Crippen LogP contribution in [0.15, 0.2) is 71.7 Å². The molecule has 1 aromatic heterocycles. The van der Waals surface area contributed by atoms with Gasteiger partial charge in [0.25, 0.3) is 17.4 Å². The molecule has 1 aliphatic carbocycles. The van der Waals surface area contributed by atoms with Crippen molar-refractivity contribution in [3.63, 3.8) is 0 Å². The van der Waals surface area contributed by atoms with Crippen molar-refractivity contribution in [2.45, 2.75) is 58.7 Å². The van der Waals surface area contributed by atoms with E-state index in [0.717, 1.165) is 62.6 Å². The Kier molecular flexibility index (Phi) is 9.98. The lowest BCUT2D eigenvalue weighted by Crippen LogP contribution is -2.74. The van der Waals surface area contributed by atoms with Crippen LogP contribution in [0.1, 0.15) is 62.5 Å². The lowest BCUT2D eigenvalue weighted by Gasteiger charge is -2.63. The van der Waals surface area contributed by atoms with E-state index < -0.39 is 11.9 Å². The van der Waals surface area contributed by atoms with Crippen LogP contribution in [0.25, 0.3) is 10.8 Å². The van der Waals surface area contributed by atoms with E-state index in [0.29, 0.717) is 33.2 Å². The van der Waals surface area contributed by atoms with Gasteiger partial charge in [-0.3, -0.25) is 29.4 Å². The van der Waals surface area contributed by atoms with Crippen LogP contribution in [0, 0.1) is 28.1 Å². The molecule has 3 aliphatic heterocycles. The number of aromatic nitrogens is 2. The number of carbonyl (C=O) groups excluding carboxylic acids is 3. The van der Waals surface area contributed by atoms with Crippen molar-refractivity contribution in [3.8, 4) is 11.8 Å². The predicted molar refractivity (Wildman–Crippen MR) is 218 cm³/mol. The highest BCUT2D eigenvalue weighted by molar-refractivity contribution is 6.31. The molecular weight excluding hydrogens is 744 g/mol. The number of carbonyl (C=O) groups is 3. The number of nitrogens with one attached hydrogen (secondary N) is 2. The monoisotopic (exact) mass is 790 g/mol. The third-order valence-corrected chi connectivity index (χ3v) is 12.7. The van der Waals surface area contributed by atoms with Crippen LogP contribution in [-0.4, -0.2) is 90.4 Å². The molecule has 1 atom stereocenters. The first-order chi connectivity index (χ1) is 27.2. The highest BCUT2D eigenvalue weighted by atomic mass is 35.5. The molecule has 4 aliphatic rings. The van der Waals surface area contributed by atoms with Gasteiger partial charge in [-0.2, -0.15) is 10.4 Å². The van der Waals surface area contributed by atoms with Gasteiger partial charge in [0.05, 0.1) is 22.2 Å². The second kappa shape index (κ2) is 14.8. The highest BCUT2D eigenvalue weighted by Crippen LogP contribution is 2.55. The maximum atomic E-state index is 13.5. The van der Waals surface area contributed by atoms with E-state index in [-0.39, 0.29) is 53.2 Å². The molecule has 4 fully saturated rings. The van der Waals surface area contributed by atoms with Crippen molar-refractivity contribution in [1.29, 1.82) is 5.26 Å². The summed E-state index contributed by atoms with van der Waals surface area (Å²) in [4.78, 5) is 57.8. The van der Waals surface area contributed by atoms with Crippen LogP contribution < -0.4 is 30.7 Å². The Labute approximate surface area is 336 Å². The summed E-state index contributed by atoms with van der Waals surface area (Å²) in [6, 6.07) is 19.9. The van der Waals surface area contributed by atoms with Crippen molar-refractivity contribution in [1.82, 2.24) is 25.3 Å². The molecule has 57 heavy (non-hydrogen) atoms. The summed E-state index contributed by atoms with van der Waals surface area (Å²) in [6.45, 7) is 15.0. The van der Waals surface area contributed by atoms with Gasteiger partial charge in [0.2, 0.25) is 5.91 Å². The first-order valence-corrected chi connectivity index (χ1v) is 20.0. The smallest absolute Gasteiger partial charge is 0.275 e. The van der Waals surface area contributed by atoms with E-state index in [1.54, 1.807) is 24.4 Å². The molecule has 4 aromatic rings. The summed E-state index contributed by atoms with van der Waals surface area (Å²) >= 11 is 6.25. The third-order valence-electron chi connectivity index (χ3n) is 12.4. The standard InChI is InChI=1S/C43H47ClN8O5/c1-42(2)40(43(3,4)41(42)57-32-11-7-28(21-45)34(44)20-32)48-37(54)27-5-8-30(9-6-27)51-24-26(25-51)23-49-15-17-50(18-16-49)31-10-12-33-29(19-31)22-46-52(39(33)56)35-13-14-36(53)47-38(35)55/h5-12,19-20,22,26,35,40-41H,13-18,23-25H2,1-4H3,(H,48,54)(H,47,53,55). The third kappa shape index (κ3) is 7.21. The molecule has 0 bridgehead atoms. The molecule has 2 N–H and O–H groups in total. The molecule has 1 saturated carbocycles. The fourth-order valence-electron chi connectivity index (χ4n) is 9.57. The Balaban J connectivity index is 0.796. The van der Waals surface area contributed by atoms with Gasteiger partial charge >= 0.3 is 0 Å². The molecule has 3 aromatic carbocycles. The number of hydrogen-bond donors (Lipinski definition) is 2. The van der Waals surface area contributed by atoms with E-state index >= 15 is 0 Å². The zero-order valence-electron chi connectivity index (χ0n) is 32.6. The molecule has 3 saturated heterocycles. The first kappa shape index (κ1) is 38.4. The van der Waals surface area contributed by atoms with Crippen molar-refractivity contribution >= 4 is 51.5 Å². The van der Waals surface area contributed by atoms with Gasteiger partial charge in [0, 0.05) is 103 Å². The number of nitrogens with zero attached hydrogens (tertiary/aromatic N) is 6. The number of imide groups is 1. The Morgan fingerprint density at radius 1 is 0.947 bits per heavy atom. The van der Waals surface area contributed by atoms with Crippen molar-refractivity contribution in [3.05, 3.63) is 93.4 Å².